The minimum atomic E-state index is -2.56. The minimum absolute atomic E-state index is 0.00840. The van der Waals surface area contributed by atoms with Gasteiger partial charge in [0.1, 0.15) is 17.2 Å². The summed E-state index contributed by atoms with van der Waals surface area (Å²) in [4.78, 5) is 34.6. The Hall–Kier alpha value is -6.18. The van der Waals surface area contributed by atoms with Gasteiger partial charge in [-0.15, -0.1) is 0 Å². The van der Waals surface area contributed by atoms with Crippen LogP contribution in [-0.4, -0.2) is 73.2 Å². The summed E-state index contributed by atoms with van der Waals surface area (Å²) in [6.07, 6.45) is 7.15. The molecule has 9 rings (SSSR count). The maximum absolute atomic E-state index is 18.2. The molecule has 2 fully saturated rings. The molecule has 0 radical (unpaired) electrons. The Balaban J connectivity index is 1.20. The third-order valence-corrected chi connectivity index (χ3v) is 15.9. The van der Waals surface area contributed by atoms with Gasteiger partial charge in [-0.3, -0.25) is 19.9 Å². The zero-order valence-electron chi connectivity index (χ0n) is 34.3. The molecule has 0 unspecified atom stereocenters. The van der Waals surface area contributed by atoms with Gasteiger partial charge in [-0.25, -0.2) is 4.39 Å². The number of hydrogen-bond acceptors (Lipinski definition) is 9. The molecule has 3 aliphatic heterocycles. The van der Waals surface area contributed by atoms with Gasteiger partial charge in [0.2, 0.25) is 5.82 Å². The van der Waals surface area contributed by atoms with E-state index in [-0.39, 0.29) is 25.6 Å². The van der Waals surface area contributed by atoms with E-state index >= 15 is 13.2 Å². The van der Waals surface area contributed by atoms with Crippen LogP contribution in [0.2, 0.25) is 13.1 Å². The van der Waals surface area contributed by atoms with E-state index in [0.717, 1.165) is 72.2 Å². The Morgan fingerprint density at radius 3 is 1.59 bits per heavy atom. The van der Waals surface area contributed by atoms with Crippen LogP contribution in [0.1, 0.15) is 57.0 Å². The molecule has 0 saturated carbocycles. The second-order valence-electron chi connectivity index (χ2n) is 16.6. The van der Waals surface area contributed by atoms with Crippen molar-refractivity contribution in [3.8, 4) is 0 Å². The van der Waals surface area contributed by atoms with Gasteiger partial charge in [-0.05, 0) is 96.0 Å². The zero-order valence-corrected chi connectivity index (χ0v) is 35.3. The molecule has 6 heterocycles. The second-order valence-corrected chi connectivity index (χ2v) is 20.9. The molecule has 310 valence electrons. The summed E-state index contributed by atoms with van der Waals surface area (Å²) < 4.78 is 52.0. The summed E-state index contributed by atoms with van der Waals surface area (Å²) in [5, 5.41) is 15.1. The van der Waals surface area contributed by atoms with E-state index in [1.807, 2.05) is 60.7 Å². The van der Waals surface area contributed by atoms with E-state index < -0.39 is 48.3 Å². The largest absolute Gasteiger partial charge is 0.538 e. The van der Waals surface area contributed by atoms with E-state index in [2.05, 4.69) is 54.9 Å². The number of fused-ring (bicyclic) bond motifs is 2. The first kappa shape index (κ1) is 40.2. The predicted octanol–water partition coefficient (Wildman–Crippen LogP) is 5.94. The van der Waals surface area contributed by atoms with Crippen molar-refractivity contribution >= 4 is 41.5 Å². The SMILES string of the molecule is C[Si]1(C)c2cc(N3CCC3)ccc2[C+](c2c(F)c(N(CCN(Cc3ccccn3)Cc3ccccn3)Cc3ccccn3)c(F)c(F)c2C(=O)[O-])c2ccc(N3CCC3)cc21. The molecule has 3 aromatic heterocycles. The van der Waals surface area contributed by atoms with Gasteiger partial charge in [-0.2, -0.15) is 8.78 Å². The molecule has 61 heavy (non-hydrogen) atoms. The van der Waals surface area contributed by atoms with Crippen LogP contribution in [0.3, 0.4) is 0 Å². The number of carbonyl (C=O) groups excluding carboxylic acids is 1. The van der Waals surface area contributed by atoms with Crippen LogP contribution in [0.4, 0.5) is 30.2 Å². The summed E-state index contributed by atoms with van der Waals surface area (Å²) in [6.45, 7) is 9.08. The monoisotopic (exact) mass is 837 g/mol. The first-order valence-corrected chi connectivity index (χ1v) is 23.8. The first-order chi connectivity index (χ1) is 29.6. The molecule has 0 bridgehead atoms. The average molecular weight is 838 g/mol. The van der Waals surface area contributed by atoms with Gasteiger partial charge in [0, 0.05) is 82.3 Å². The average Bonchev–Trinajstić information content (AvgIpc) is 3.22. The molecular weight excluding hydrogens is 792 g/mol. The van der Waals surface area contributed by atoms with Gasteiger partial charge >= 0.3 is 0 Å². The number of anilines is 3. The second kappa shape index (κ2) is 16.7. The molecule has 6 aromatic rings. The topological polar surface area (TPSA) is 91.8 Å². The van der Waals surface area contributed by atoms with Crippen molar-refractivity contribution in [2.45, 2.75) is 45.6 Å². The lowest BCUT2D eigenvalue weighted by atomic mass is 9.80. The van der Waals surface area contributed by atoms with Gasteiger partial charge < -0.3 is 24.6 Å². The quantitative estimate of drug-likeness (QED) is 0.0752. The van der Waals surface area contributed by atoms with E-state index in [9.17, 15) is 9.90 Å². The lowest BCUT2D eigenvalue weighted by Crippen LogP contribution is -2.60. The van der Waals surface area contributed by atoms with Crippen LogP contribution in [-0.2, 0) is 19.6 Å². The first-order valence-electron chi connectivity index (χ1n) is 20.8. The van der Waals surface area contributed by atoms with Gasteiger partial charge in [0.15, 0.2) is 19.7 Å². The van der Waals surface area contributed by atoms with Gasteiger partial charge in [0.25, 0.3) is 0 Å². The number of pyridine rings is 3. The summed E-state index contributed by atoms with van der Waals surface area (Å²) in [5.74, 6) is -6.25. The number of aromatic nitrogens is 3. The maximum atomic E-state index is 18.2. The zero-order chi connectivity index (χ0) is 42.3. The van der Waals surface area contributed by atoms with E-state index in [1.54, 1.807) is 36.8 Å². The van der Waals surface area contributed by atoms with Crippen molar-refractivity contribution < 1.29 is 23.1 Å². The van der Waals surface area contributed by atoms with Crippen LogP contribution in [0, 0.1) is 23.4 Å². The fourth-order valence-electron chi connectivity index (χ4n) is 8.86. The molecule has 9 nitrogen and oxygen atoms in total. The molecule has 3 aromatic carbocycles. The highest BCUT2D eigenvalue weighted by Crippen LogP contribution is 2.44. The Bertz CT molecular complexity index is 2450. The third-order valence-electron chi connectivity index (χ3n) is 12.4. The molecular formula is C48H46F3N7O2Si. The number of rotatable bonds is 14. The minimum Gasteiger partial charge on any atom is -0.538 e. The van der Waals surface area contributed by atoms with Crippen molar-refractivity contribution in [2.75, 3.05) is 54.0 Å². The van der Waals surface area contributed by atoms with E-state index in [0.29, 0.717) is 29.9 Å². The fourth-order valence-corrected chi connectivity index (χ4v) is 11.9. The highest BCUT2D eigenvalue weighted by Gasteiger charge is 2.49. The van der Waals surface area contributed by atoms with Crippen molar-refractivity contribution in [2.24, 2.45) is 0 Å². The fraction of sp³-hybridized carbons (Fsp3) is 0.271. The predicted molar refractivity (Wildman–Crippen MR) is 232 cm³/mol. The molecule has 0 atom stereocenters. The van der Waals surface area contributed by atoms with Gasteiger partial charge in [0.05, 0.1) is 46.2 Å². The molecule has 3 aliphatic rings. The Morgan fingerprint density at radius 1 is 0.672 bits per heavy atom. The van der Waals surface area contributed by atoms with E-state index in [4.69, 9.17) is 0 Å². The molecule has 0 aliphatic carbocycles. The molecule has 13 heteroatoms. The van der Waals surface area contributed by atoms with Crippen molar-refractivity contribution in [1.82, 2.24) is 19.9 Å². The molecule has 0 amide bonds. The molecule has 0 N–H and O–H groups in total. The van der Waals surface area contributed by atoms with Crippen LogP contribution >= 0.6 is 0 Å². The van der Waals surface area contributed by atoms with Crippen molar-refractivity contribution in [3.63, 3.8) is 0 Å². The highest BCUT2D eigenvalue weighted by atomic mass is 28.3. The normalized spacial score (nSPS) is 15.2. The lowest BCUT2D eigenvalue weighted by molar-refractivity contribution is -0.255. The number of hydrogen-bond donors (Lipinski definition) is 0. The van der Waals surface area contributed by atoms with Crippen molar-refractivity contribution in [1.29, 1.82) is 0 Å². The number of nitrogens with zero attached hydrogens (tertiary/aromatic N) is 7. The summed E-state index contributed by atoms with van der Waals surface area (Å²) in [6, 6.07) is 28.5. The third kappa shape index (κ3) is 7.72. The highest BCUT2D eigenvalue weighted by molar-refractivity contribution is 7.01. The Labute approximate surface area is 355 Å². The van der Waals surface area contributed by atoms with Crippen LogP contribution in [0.5, 0.6) is 0 Å². The van der Waals surface area contributed by atoms with Crippen LogP contribution in [0.15, 0.2) is 110 Å². The number of halogens is 3. The lowest BCUT2D eigenvalue weighted by Gasteiger charge is -2.39. The Morgan fingerprint density at radius 2 is 1.16 bits per heavy atom. The summed E-state index contributed by atoms with van der Waals surface area (Å²) in [7, 11) is -2.56. The molecule has 0 spiro atoms. The van der Waals surface area contributed by atoms with Crippen LogP contribution in [0.25, 0.3) is 0 Å². The maximum Gasteiger partial charge on any atom is 0.205 e. The number of benzene rings is 3. The number of carboxylic acid groups (broad SMARTS) is 1. The standard InChI is InChI=1S/C48H46F3N7O2Si/c1-61(2)39-27-35(56-21-9-22-56)14-16-37(39)41(38-17-15-36(28-40(38)61)57-23-10-24-57)42-43(48(59)60)44(49)46(51)47(45(42)50)58(31-34-13-5-8-20-54-34)26-25-55(29-32-11-3-6-18-52-32)30-33-12-4-7-19-53-33/h3-8,11-20,27-28H,9-10,21-26,29-31H2,1-2H3. The molecule has 2 saturated heterocycles. The number of aromatic carboxylic acids is 1. The van der Waals surface area contributed by atoms with Gasteiger partial charge in [-0.1, -0.05) is 31.3 Å². The summed E-state index contributed by atoms with van der Waals surface area (Å²) >= 11 is 0. The summed E-state index contributed by atoms with van der Waals surface area (Å²) in [5.41, 5.74) is 2.98. The smallest absolute Gasteiger partial charge is 0.205 e. The van der Waals surface area contributed by atoms with Crippen LogP contribution < -0.4 is 30.2 Å². The van der Waals surface area contributed by atoms with Crippen molar-refractivity contribution in [3.05, 3.63) is 172 Å². The number of carbonyl (C=O) groups is 1. The Kier molecular flexibility index (Phi) is 11.0. The number of carboxylic acids is 1. The van der Waals surface area contributed by atoms with E-state index in [1.165, 1.54) is 4.90 Å².